The second kappa shape index (κ2) is 13.3. The molecule has 0 atom stereocenters. The molecule has 0 bridgehead atoms. The Morgan fingerprint density at radius 2 is 1.00 bits per heavy atom. The number of rotatable bonds is 6. The Morgan fingerprint density at radius 1 is 0.436 bits per heavy atom. The highest BCUT2D eigenvalue weighted by atomic mass is 14.9. The maximum atomic E-state index is 5.08. The normalized spacial score (nSPS) is 14.0. The van der Waals surface area contributed by atoms with Gasteiger partial charge in [-0.1, -0.05) is 166 Å². The van der Waals surface area contributed by atoms with Gasteiger partial charge in [0.25, 0.3) is 0 Å². The summed E-state index contributed by atoms with van der Waals surface area (Å²) in [5, 5.41) is 2.46. The number of benzene rings is 7. The minimum Gasteiger partial charge on any atom is -0.228 e. The number of fused-ring (bicyclic) bond motifs is 4. The van der Waals surface area contributed by atoms with E-state index in [4.69, 9.17) is 9.97 Å². The van der Waals surface area contributed by atoms with Gasteiger partial charge in [0.15, 0.2) is 5.82 Å². The van der Waals surface area contributed by atoms with Crippen molar-refractivity contribution in [3.05, 3.63) is 199 Å². The molecule has 2 heteroatoms. The molecule has 1 heterocycles. The van der Waals surface area contributed by atoms with Gasteiger partial charge in [-0.05, 0) is 115 Å². The van der Waals surface area contributed by atoms with Gasteiger partial charge in [0.1, 0.15) is 0 Å². The first-order chi connectivity index (χ1) is 27.0. The molecule has 0 saturated carbocycles. The van der Waals surface area contributed by atoms with Crippen LogP contribution in [0.25, 0.3) is 83.4 Å². The van der Waals surface area contributed by atoms with Crippen LogP contribution in [-0.2, 0) is 5.41 Å². The zero-order valence-electron chi connectivity index (χ0n) is 31.1. The topological polar surface area (TPSA) is 25.8 Å². The molecule has 0 fully saturated rings. The predicted octanol–water partition coefficient (Wildman–Crippen LogP) is 14.0. The minimum absolute atomic E-state index is 0.0220. The number of allylic oxidation sites excluding steroid dienone is 4. The molecular formula is C53H40N2. The summed E-state index contributed by atoms with van der Waals surface area (Å²) in [7, 11) is 0. The maximum absolute atomic E-state index is 5.08. The average Bonchev–Trinajstić information content (AvgIpc) is 3.49. The van der Waals surface area contributed by atoms with Crippen molar-refractivity contribution in [2.45, 2.75) is 32.1 Å². The van der Waals surface area contributed by atoms with Crippen molar-refractivity contribution in [1.29, 1.82) is 0 Å². The minimum atomic E-state index is -0.0220. The van der Waals surface area contributed by atoms with Crippen molar-refractivity contribution in [2.75, 3.05) is 0 Å². The van der Waals surface area contributed by atoms with Crippen molar-refractivity contribution < 1.29 is 0 Å². The first-order valence-corrected chi connectivity index (χ1v) is 19.3. The third-order valence-electron chi connectivity index (χ3n) is 11.6. The van der Waals surface area contributed by atoms with Crippen LogP contribution in [-0.4, -0.2) is 9.97 Å². The van der Waals surface area contributed by atoms with Gasteiger partial charge in [-0.2, -0.15) is 0 Å². The Bertz CT molecular complexity index is 2820. The van der Waals surface area contributed by atoms with Crippen LogP contribution in [0.1, 0.15) is 43.6 Å². The Hall–Kier alpha value is -6.64. The third-order valence-corrected chi connectivity index (χ3v) is 11.6. The molecule has 1 aromatic heterocycles. The molecule has 0 spiro atoms. The van der Waals surface area contributed by atoms with E-state index in [-0.39, 0.29) is 5.41 Å². The van der Waals surface area contributed by atoms with Gasteiger partial charge in [-0.15, -0.1) is 0 Å². The Kier molecular flexibility index (Phi) is 7.99. The molecule has 55 heavy (non-hydrogen) atoms. The van der Waals surface area contributed by atoms with Gasteiger partial charge in [0.2, 0.25) is 0 Å². The van der Waals surface area contributed by atoms with Crippen LogP contribution < -0.4 is 0 Å². The van der Waals surface area contributed by atoms with E-state index in [0.717, 1.165) is 41.2 Å². The first-order valence-electron chi connectivity index (χ1n) is 19.3. The largest absolute Gasteiger partial charge is 0.228 e. The summed E-state index contributed by atoms with van der Waals surface area (Å²) in [6, 6.07) is 59.8. The molecule has 2 aliphatic carbocycles. The summed E-state index contributed by atoms with van der Waals surface area (Å²) < 4.78 is 0. The van der Waals surface area contributed by atoms with Crippen LogP contribution in [0.4, 0.5) is 0 Å². The fourth-order valence-electron chi connectivity index (χ4n) is 8.49. The summed E-state index contributed by atoms with van der Waals surface area (Å²) in [5.41, 5.74) is 18.0. The van der Waals surface area contributed by atoms with E-state index in [0.29, 0.717) is 0 Å². The quantitative estimate of drug-likeness (QED) is 0.172. The molecule has 0 unspecified atom stereocenters. The van der Waals surface area contributed by atoms with Crippen LogP contribution in [0.2, 0.25) is 0 Å². The van der Waals surface area contributed by atoms with Crippen LogP contribution in [0, 0.1) is 0 Å². The van der Waals surface area contributed by atoms with E-state index in [2.05, 4.69) is 190 Å². The molecular weight excluding hydrogens is 665 g/mol. The zero-order chi connectivity index (χ0) is 36.9. The molecule has 8 aromatic rings. The van der Waals surface area contributed by atoms with E-state index in [9.17, 15) is 0 Å². The fourth-order valence-corrected chi connectivity index (χ4v) is 8.49. The van der Waals surface area contributed by atoms with E-state index in [1.165, 1.54) is 72.0 Å². The van der Waals surface area contributed by atoms with Crippen molar-refractivity contribution in [2.24, 2.45) is 0 Å². The predicted molar refractivity (Wildman–Crippen MR) is 231 cm³/mol. The Morgan fingerprint density at radius 3 is 1.73 bits per heavy atom. The van der Waals surface area contributed by atoms with Gasteiger partial charge in [-0.3, -0.25) is 0 Å². The summed E-state index contributed by atoms with van der Waals surface area (Å²) in [6.45, 7) is 4.69. The van der Waals surface area contributed by atoms with Crippen molar-refractivity contribution in [3.63, 3.8) is 0 Å². The highest BCUT2D eigenvalue weighted by molar-refractivity contribution is 5.92. The molecule has 2 nitrogen and oxygen atoms in total. The summed E-state index contributed by atoms with van der Waals surface area (Å²) in [5.74, 6) is 0.808. The molecule has 0 N–H and O–H groups in total. The van der Waals surface area contributed by atoms with Gasteiger partial charge in [0, 0.05) is 16.5 Å². The van der Waals surface area contributed by atoms with Crippen LogP contribution in [0.15, 0.2) is 182 Å². The lowest BCUT2D eigenvalue weighted by atomic mass is 9.81. The summed E-state index contributed by atoms with van der Waals surface area (Å²) in [6.07, 6.45) is 8.43. The summed E-state index contributed by atoms with van der Waals surface area (Å²) in [4.78, 5) is 10.1. The second-order valence-corrected chi connectivity index (χ2v) is 15.4. The van der Waals surface area contributed by atoms with Crippen LogP contribution in [0.5, 0.6) is 0 Å². The molecule has 0 aliphatic heterocycles. The number of hydrogen-bond acceptors (Lipinski definition) is 2. The molecule has 0 amide bonds. The first kappa shape index (κ1) is 33.0. The van der Waals surface area contributed by atoms with Crippen molar-refractivity contribution >= 4 is 16.3 Å². The molecule has 262 valence electrons. The lowest BCUT2D eigenvalue weighted by Gasteiger charge is -2.22. The van der Waals surface area contributed by atoms with Crippen molar-refractivity contribution in [3.8, 4) is 67.0 Å². The number of hydrogen-bond donors (Lipinski definition) is 0. The summed E-state index contributed by atoms with van der Waals surface area (Å²) >= 11 is 0. The fraction of sp³-hybridized carbons (Fsp3) is 0.0943. The van der Waals surface area contributed by atoms with Gasteiger partial charge in [0.05, 0.1) is 11.4 Å². The SMILES string of the molecule is CC1(C)c2ccccc2-c2ccc(-c3cccc(-c4ccc5ccc(-c6ccc(-c7cc(-c8ccccc8)nc(C8=CC=CCC8)n7)cc6)cc5c4)c3)cc21. The average molecular weight is 705 g/mol. The standard InChI is InChI=1S/C53H40N2/c1-53(2)48-19-10-9-18-46(48)47-29-28-44(33-49(47)53)41-17-11-16-40(30-41)43-27-23-36-22-26-42(31-45(36)32-43)35-20-24-38(25-21-35)51-34-50(37-12-5-3-6-13-37)54-52(55-51)39-14-7-4-8-15-39/h3-7,9-14,16-34H,8,15H2,1-2H3. The van der Waals surface area contributed by atoms with Crippen molar-refractivity contribution in [1.82, 2.24) is 9.97 Å². The monoisotopic (exact) mass is 704 g/mol. The smallest absolute Gasteiger partial charge is 0.156 e. The number of nitrogens with zero attached hydrogens (tertiary/aromatic N) is 2. The number of aromatic nitrogens is 2. The molecule has 2 aliphatic rings. The second-order valence-electron chi connectivity index (χ2n) is 15.4. The van der Waals surface area contributed by atoms with Gasteiger partial charge < -0.3 is 0 Å². The Labute approximate surface area is 323 Å². The van der Waals surface area contributed by atoms with Gasteiger partial charge in [-0.25, -0.2) is 9.97 Å². The van der Waals surface area contributed by atoms with E-state index in [1.807, 2.05) is 6.07 Å². The van der Waals surface area contributed by atoms with E-state index >= 15 is 0 Å². The Balaban J connectivity index is 0.952. The van der Waals surface area contributed by atoms with E-state index < -0.39 is 0 Å². The molecule has 10 rings (SSSR count). The highest BCUT2D eigenvalue weighted by Gasteiger charge is 2.35. The van der Waals surface area contributed by atoms with Crippen LogP contribution in [0.3, 0.4) is 0 Å². The lowest BCUT2D eigenvalue weighted by molar-refractivity contribution is 0.660. The maximum Gasteiger partial charge on any atom is 0.156 e. The van der Waals surface area contributed by atoms with Crippen LogP contribution >= 0.6 is 0 Å². The van der Waals surface area contributed by atoms with Gasteiger partial charge >= 0.3 is 0 Å². The third kappa shape index (κ3) is 6.01. The molecule has 0 radical (unpaired) electrons. The molecule has 0 saturated heterocycles. The zero-order valence-corrected chi connectivity index (χ0v) is 31.1. The van der Waals surface area contributed by atoms with E-state index in [1.54, 1.807) is 0 Å². The lowest BCUT2D eigenvalue weighted by Crippen LogP contribution is -2.14. The highest BCUT2D eigenvalue weighted by Crippen LogP contribution is 2.49. The molecule has 7 aromatic carbocycles.